The topological polar surface area (TPSA) is 69.7 Å². The van der Waals surface area contributed by atoms with Crippen LogP contribution in [0, 0.1) is 0 Å². The van der Waals surface area contributed by atoms with Gasteiger partial charge in [0.25, 0.3) is 0 Å². The highest BCUT2D eigenvalue weighted by atomic mass is 32.2. The fraction of sp³-hybridized carbons (Fsp3) is 0.917. The van der Waals surface area contributed by atoms with Gasteiger partial charge in [0, 0.05) is 26.2 Å². The van der Waals surface area contributed by atoms with E-state index in [9.17, 15) is 13.2 Å². The summed E-state index contributed by atoms with van der Waals surface area (Å²) in [7, 11) is -3.30. The van der Waals surface area contributed by atoms with E-state index >= 15 is 0 Å². The fourth-order valence-corrected chi connectivity index (χ4v) is 3.16. The Hall–Kier alpha value is -0.660. The van der Waals surface area contributed by atoms with Crippen LogP contribution in [0.25, 0.3) is 0 Å². The van der Waals surface area contributed by atoms with Crippen LogP contribution < -0.4 is 4.72 Å². The van der Waals surface area contributed by atoms with Crippen LogP contribution in [0.4, 0.5) is 0 Å². The molecule has 1 amide bonds. The van der Waals surface area contributed by atoms with Crippen LogP contribution in [0.2, 0.25) is 0 Å². The summed E-state index contributed by atoms with van der Waals surface area (Å²) in [5.41, 5.74) is 0. The van der Waals surface area contributed by atoms with Gasteiger partial charge in [0.05, 0.1) is 12.3 Å². The number of amides is 1. The Bertz CT molecular complexity index is 376. The molecular weight excluding hydrogens is 266 g/mol. The first kappa shape index (κ1) is 16.4. The molecule has 112 valence electrons. The summed E-state index contributed by atoms with van der Waals surface area (Å²) in [6, 6.07) is 0. The highest BCUT2D eigenvalue weighted by Crippen LogP contribution is 2.01. The van der Waals surface area contributed by atoms with Gasteiger partial charge in [-0.1, -0.05) is 20.3 Å². The van der Waals surface area contributed by atoms with Gasteiger partial charge in [-0.3, -0.25) is 4.79 Å². The van der Waals surface area contributed by atoms with Gasteiger partial charge in [-0.2, -0.15) is 0 Å². The average Bonchev–Trinajstić information content (AvgIpc) is 2.43. The maximum absolute atomic E-state index is 11.9. The standard InChI is InChI=1S/C12H25N3O3S/c1-3-5-10-19(17,18)13-11-12(16)15-8-6-14(4-2)7-9-15/h13H,3-11H2,1-2H3. The molecule has 1 saturated heterocycles. The summed E-state index contributed by atoms with van der Waals surface area (Å²) < 4.78 is 25.6. The lowest BCUT2D eigenvalue weighted by Gasteiger charge is -2.34. The van der Waals surface area contributed by atoms with Gasteiger partial charge in [-0.25, -0.2) is 13.1 Å². The minimum atomic E-state index is -3.30. The molecule has 0 radical (unpaired) electrons. The lowest BCUT2D eigenvalue weighted by Crippen LogP contribution is -2.51. The van der Waals surface area contributed by atoms with E-state index in [0.717, 1.165) is 26.1 Å². The zero-order valence-corrected chi connectivity index (χ0v) is 12.7. The van der Waals surface area contributed by atoms with E-state index < -0.39 is 10.0 Å². The number of nitrogens with zero attached hydrogens (tertiary/aromatic N) is 2. The van der Waals surface area contributed by atoms with Crippen molar-refractivity contribution >= 4 is 15.9 Å². The molecule has 0 aromatic heterocycles. The lowest BCUT2D eigenvalue weighted by atomic mass is 10.3. The monoisotopic (exact) mass is 291 g/mol. The van der Waals surface area contributed by atoms with Crippen molar-refractivity contribution in [2.45, 2.75) is 26.7 Å². The summed E-state index contributed by atoms with van der Waals surface area (Å²) in [6.07, 6.45) is 1.45. The normalized spacial score (nSPS) is 17.7. The molecule has 19 heavy (non-hydrogen) atoms. The first-order valence-electron chi connectivity index (χ1n) is 6.96. The van der Waals surface area contributed by atoms with Crippen molar-refractivity contribution in [3.05, 3.63) is 0 Å². The van der Waals surface area contributed by atoms with Crippen LogP contribution in [0.3, 0.4) is 0 Å². The molecule has 1 fully saturated rings. The Morgan fingerprint density at radius 1 is 1.16 bits per heavy atom. The fourth-order valence-electron chi connectivity index (χ4n) is 2.00. The Morgan fingerprint density at radius 2 is 1.79 bits per heavy atom. The van der Waals surface area contributed by atoms with Crippen LogP contribution in [-0.4, -0.2) is 69.1 Å². The number of nitrogens with one attached hydrogen (secondary N) is 1. The SMILES string of the molecule is CCCCS(=O)(=O)NCC(=O)N1CCN(CC)CC1. The number of hydrogen-bond donors (Lipinski definition) is 1. The molecule has 0 aromatic carbocycles. The number of carbonyl (C=O) groups is 1. The van der Waals surface area contributed by atoms with Crippen molar-refractivity contribution in [1.82, 2.24) is 14.5 Å². The van der Waals surface area contributed by atoms with Gasteiger partial charge in [0.1, 0.15) is 0 Å². The summed E-state index contributed by atoms with van der Waals surface area (Å²) in [5, 5.41) is 0. The molecule has 0 atom stereocenters. The Labute approximate surface area is 116 Å². The van der Waals surface area contributed by atoms with Crippen LogP contribution in [0.1, 0.15) is 26.7 Å². The van der Waals surface area contributed by atoms with E-state index in [1.807, 2.05) is 6.92 Å². The van der Waals surface area contributed by atoms with E-state index in [4.69, 9.17) is 0 Å². The van der Waals surface area contributed by atoms with Crippen molar-refractivity contribution < 1.29 is 13.2 Å². The summed E-state index contributed by atoms with van der Waals surface area (Å²) in [6.45, 7) is 8.01. The molecule has 1 aliphatic rings. The van der Waals surface area contributed by atoms with E-state index in [1.54, 1.807) is 4.90 Å². The number of unbranched alkanes of at least 4 members (excludes halogenated alkanes) is 1. The highest BCUT2D eigenvalue weighted by Gasteiger charge is 2.21. The van der Waals surface area contributed by atoms with Gasteiger partial charge in [-0.05, 0) is 13.0 Å². The predicted molar refractivity (Wildman–Crippen MR) is 75.4 cm³/mol. The van der Waals surface area contributed by atoms with Crippen LogP contribution in [-0.2, 0) is 14.8 Å². The van der Waals surface area contributed by atoms with Gasteiger partial charge in [-0.15, -0.1) is 0 Å². The maximum atomic E-state index is 11.9. The first-order chi connectivity index (χ1) is 8.98. The minimum Gasteiger partial charge on any atom is -0.339 e. The zero-order valence-electron chi connectivity index (χ0n) is 11.9. The van der Waals surface area contributed by atoms with Gasteiger partial charge in [0.2, 0.25) is 15.9 Å². The molecular formula is C12H25N3O3S. The number of carbonyl (C=O) groups excluding carboxylic acids is 1. The predicted octanol–water partition coefficient (Wildman–Crippen LogP) is -0.130. The smallest absolute Gasteiger partial charge is 0.237 e. The number of likely N-dealkylation sites (N-methyl/N-ethyl adjacent to an activating group) is 1. The molecule has 0 spiro atoms. The highest BCUT2D eigenvalue weighted by molar-refractivity contribution is 7.89. The van der Waals surface area contributed by atoms with Crippen molar-refractivity contribution in [2.24, 2.45) is 0 Å². The molecule has 7 heteroatoms. The lowest BCUT2D eigenvalue weighted by molar-refractivity contribution is -0.131. The Balaban J connectivity index is 2.32. The van der Waals surface area contributed by atoms with Crippen LogP contribution >= 0.6 is 0 Å². The molecule has 0 bridgehead atoms. The summed E-state index contributed by atoms with van der Waals surface area (Å²) >= 11 is 0. The number of hydrogen-bond acceptors (Lipinski definition) is 4. The van der Waals surface area contributed by atoms with Gasteiger partial charge < -0.3 is 9.80 Å². The molecule has 0 aromatic rings. The largest absolute Gasteiger partial charge is 0.339 e. The molecule has 0 saturated carbocycles. The second kappa shape index (κ2) is 7.81. The summed E-state index contributed by atoms with van der Waals surface area (Å²) in [5.74, 6) is -0.0313. The average molecular weight is 291 g/mol. The molecule has 1 rings (SSSR count). The third-order valence-corrected chi connectivity index (χ3v) is 4.79. The quantitative estimate of drug-likeness (QED) is 0.709. The third kappa shape index (κ3) is 5.88. The molecule has 1 heterocycles. The number of rotatable bonds is 7. The Kier molecular flexibility index (Phi) is 6.74. The molecule has 1 aliphatic heterocycles. The Morgan fingerprint density at radius 3 is 2.32 bits per heavy atom. The second-order valence-corrected chi connectivity index (χ2v) is 6.74. The molecule has 0 aliphatic carbocycles. The number of piperazine rings is 1. The van der Waals surface area contributed by atoms with E-state index in [2.05, 4.69) is 16.5 Å². The van der Waals surface area contributed by atoms with Gasteiger partial charge >= 0.3 is 0 Å². The van der Waals surface area contributed by atoms with Crippen molar-refractivity contribution in [1.29, 1.82) is 0 Å². The summed E-state index contributed by atoms with van der Waals surface area (Å²) in [4.78, 5) is 15.9. The second-order valence-electron chi connectivity index (χ2n) is 4.81. The first-order valence-corrected chi connectivity index (χ1v) is 8.61. The molecule has 6 nitrogen and oxygen atoms in total. The van der Waals surface area contributed by atoms with Crippen LogP contribution in [0.15, 0.2) is 0 Å². The maximum Gasteiger partial charge on any atom is 0.237 e. The van der Waals surface area contributed by atoms with E-state index in [-0.39, 0.29) is 18.2 Å². The number of sulfonamides is 1. The van der Waals surface area contributed by atoms with Crippen molar-refractivity contribution in [2.75, 3.05) is 45.0 Å². The van der Waals surface area contributed by atoms with Gasteiger partial charge in [0.15, 0.2) is 0 Å². The van der Waals surface area contributed by atoms with E-state index in [1.165, 1.54) is 0 Å². The zero-order chi connectivity index (χ0) is 14.3. The van der Waals surface area contributed by atoms with Crippen molar-refractivity contribution in [3.63, 3.8) is 0 Å². The third-order valence-electron chi connectivity index (χ3n) is 3.38. The molecule has 1 N–H and O–H groups in total. The van der Waals surface area contributed by atoms with E-state index in [0.29, 0.717) is 19.5 Å². The van der Waals surface area contributed by atoms with Crippen LogP contribution in [0.5, 0.6) is 0 Å². The minimum absolute atomic E-state index is 0.0976. The molecule has 0 unspecified atom stereocenters. The van der Waals surface area contributed by atoms with Crippen molar-refractivity contribution in [3.8, 4) is 0 Å².